The molecule has 0 saturated carbocycles. The summed E-state index contributed by atoms with van der Waals surface area (Å²) in [4.78, 5) is 0. The van der Waals surface area contributed by atoms with E-state index >= 15 is 0 Å². The van der Waals surface area contributed by atoms with E-state index < -0.39 is 8.32 Å². The Labute approximate surface area is 135 Å². The lowest BCUT2D eigenvalue weighted by atomic mass is 10.2. The molecule has 3 atom stereocenters. The van der Waals surface area contributed by atoms with Crippen molar-refractivity contribution in [2.45, 2.75) is 63.6 Å². The normalized spacial score (nSPS) is 25.2. The van der Waals surface area contributed by atoms with E-state index in [-0.39, 0.29) is 0 Å². The monoisotopic (exact) mass is 332 g/mol. The SMILES string of the molecule is CC(CCCOCC1CO1)O[Si](C)(C)CCCOCC1CO1. The van der Waals surface area contributed by atoms with Gasteiger partial charge in [-0.1, -0.05) is 0 Å². The number of hydrogen-bond donors (Lipinski definition) is 0. The molecule has 0 spiro atoms. The second kappa shape index (κ2) is 9.35. The Morgan fingerprint density at radius 1 is 1.00 bits per heavy atom. The van der Waals surface area contributed by atoms with E-state index in [1.165, 1.54) is 0 Å². The number of epoxide rings is 2. The van der Waals surface area contributed by atoms with Crippen LogP contribution in [-0.4, -0.2) is 66.3 Å². The Morgan fingerprint density at radius 3 is 2.09 bits per heavy atom. The van der Waals surface area contributed by atoms with Crippen molar-refractivity contribution in [2.75, 3.05) is 39.6 Å². The Kier molecular flexibility index (Phi) is 7.80. The topological polar surface area (TPSA) is 52.8 Å². The van der Waals surface area contributed by atoms with Gasteiger partial charge in [0.1, 0.15) is 12.2 Å². The molecule has 6 heteroatoms. The van der Waals surface area contributed by atoms with E-state index in [1.54, 1.807) is 0 Å². The van der Waals surface area contributed by atoms with Crippen LogP contribution in [-0.2, 0) is 23.4 Å². The van der Waals surface area contributed by atoms with Crippen LogP contribution in [0.25, 0.3) is 0 Å². The van der Waals surface area contributed by atoms with Gasteiger partial charge in [-0.3, -0.25) is 0 Å². The molecule has 0 aromatic rings. The second-order valence-corrected chi connectivity index (χ2v) is 11.2. The summed E-state index contributed by atoms with van der Waals surface area (Å²) >= 11 is 0. The minimum atomic E-state index is -1.58. The molecule has 0 aromatic carbocycles. The maximum absolute atomic E-state index is 6.30. The van der Waals surface area contributed by atoms with E-state index in [2.05, 4.69) is 20.0 Å². The van der Waals surface area contributed by atoms with Crippen LogP contribution in [0.5, 0.6) is 0 Å². The molecular formula is C16H32O5Si. The van der Waals surface area contributed by atoms with E-state index in [4.69, 9.17) is 23.4 Å². The fourth-order valence-corrected chi connectivity index (χ4v) is 4.81. The molecule has 2 rings (SSSR count). The van der Waals surface area contributed by atoms with Crippen molar-refractivity contribution in [3.05, 3.63) is 0 Å². The molecule has 2 aliphatic heterocycles. The average Bonchev–Trinajstić information content (AvgIpc) is 3.32. The van der Waals surface area contributed by atoms with Gasteiger partial charge >= 0.3 is 0 Å². The van der Waals surface area contributed by atoms with Gasteiger partial charge < -0.3 is 23.4 Å². The zero-order chi connectivity index (χ0) is 15.8. The third-order valence-electron chi connectivity index (χ3n) is 3.90. The highest BCUT2D eigenvalue weighted by molar-refractivity contribution is 6.71. The Morgan fingerprint density at radius 2 is 1.55 bits per heavy atom. The van der Waals surface area contributed by atoms with Gasteiger partial charge in [0.05, 0.1) is 26.4 Å². The van der Waals surface area contributed by atoms with Crippen molar-refractivity contribution in [1.29, 1.82) is 0 Å². The fourth-order valence-electron chi connectivity index (χ4n) is 2.49. The first-order chi connectivity index (χ1) is 10.6. The van der Waals surface area contributed by atoms with Crippen molar-refractivity contribution in [1.82, 2.24) is 0 Å². The third kappa shape index (κ3) is 9.22. The minimum Gasteiger partial charge on any atom is -0.415 e. The lowest BCUT2D eigenvalue weighted by Crippen LogP contribution is -2.34. The molecule has 130 valence electrons. The van der Waals surface area contributed by atoms with Gasteiger partial charge in [0.25, 0.3) is 0 Å². The van der Waals surface area contributed by atoms with Crippen LogP contribution in [0.2, 0.25) is 19.1 Å². The van der Waals surface area contributed by atoms with Crippen LogP contribution < -0.4 is 0 Å². The van der Waals surface area contributed by atoms with Gasteiger partial charge in [0.15, 0.2) is 8.32 Å². The molecule has 0 radical (unpaired) electrons. The fraction of sp³-hybridized carbons (Fsp3) is 1.00. The number of ether oxygens (including phenoxy) is 4. The molecule has 5 nitrogen and oxygen atoms in total. The van der Waals surface area contributed by atoms with Crippen LogP contribution in [0, 0.1) is 0 Å². The van der Waals surface area contributed by atoms with Crippen molar-refractivity contribution >= 4 is 8.32 Å². The van der Waals surface area contributed by atoms with Gasteiger partial charge in [-0.05, 0) is 45.3 Å². The quantitative estimate of drug-likeness (QED) is 0.278. The molecule has 0 amide bonds. The van der Waals surface area contributed by atoms with Crippen LogP contribution >= 0.6 is 0 Å². The van der Waals surface area contributed by atoms with Gasteiger partial charge in [0, 0.05) is 19.3 Å². The molecule has 2 saturated heterocycles. The molecular weight excluding hydrogens is 300 g/mol. The summed E-state index contributed by atoms with van der Waals surface area (Å²) in [6.07, 6.45) is 4.27. The first kappa shape index (κ1) is 18.4. The smallest absolute Gasteiger partial charge is 0.187 e. The Hall–Kier alpha value is 0.0169. The highest BCUT2D eigenvalue weighted by atomic mass is 28.4. The Balaban J connectivity index is 1.42. The highest BCUT2D eigenvalue weighted by Crippen LogP contribution is 2.19. The maximum Gasteiger partial charge on any atom is 0.187 e. The summed E-state index contributed by atoms with van der Waals surface area (Å²) in [7, 11) is -1.58. The molecule has 2 aliphatic rings. The molecule has 22 heavy (non-hydrogen) atoms. The molecule has 3 unspecified atom stereocenters. The number of hydrogen-bond acceptors (Lipinski definition) is 5. The van der Waals surface area contributed by atoms with Crippen LogP contribution in [0.3, 0.4) is 0 Å². The van der Waals surface area contributed by atoms with Crippen molar-refractivity contribution in [3.8, 4) is 0 Å². The summed E-state index contributed by atoms with van der Waals surface area (Å²) in [5.41, 5.74) is 0. The number of rotatable bonds is 14. The summed E-state index contributed by atoms with van der Waals surface area (Å²) < 4.78 is 27.7. The first-order valence-corrected chi connectivity index (χ1v) is 11.7. The van der Waals surface area contributed by atoms with Crippen LogP contribution in [0.4, 0.5) is 0 Å². The van der Waals surface area contributed by atoms with E-state index in [9.17, 15) is 0 Å². The summed E-state index contributed by atoms with van der Waals surface area (Å²) in [6, 6.07) is 1.15. The maximum atomic E-state index is 6.30. The van der Waals surface area contributed by atoms with Gasteiger partial charge in [-0.15, -0.1) is 0 Å². The van der Waals surface area contributed by atoms with Crippen LogP contribution in [0.15, 0.2) is 0 Å². The average molecular weight is 333 g/mol. The summed E-state index contributed by atoms with van der Waals surface area (Å²) in [5.74, 6) is 0. The van der Waals surface area contributed by atoms with Gasteiger partial charge in [0.2, 0.25) is 0 Å². The summed E-state index contributed by atoms with van der Waals surface area (Å²) in [6.45, 7) is 11.7. The zero-order valence-electron chi connectivity index (χ0n) is 14.3. The minimum absolute atomic E-state index is 0.322. The van der Waals surface area contributed by atoms with Gasteiger partial charge in [-0.25, -0.2) is 0 Å². The lowest BCUT2D eigenvalue weighted by molar-refractivity contribution is 0.101. The van der Waals surface area contributed by atoms with E-state index in [0.717, 1.165) is 64.9 Å². The van der Waals surface area contributed by atoms with Crippen LogP contribution in [0.1, 0.15) is 26.2 Å². The third-order valence-corrected chi connectivity index (χ3v) is 6.50. The zero-order valence-corrected chi connectivity index (χ0v) is 15.3. The molecule has 0 bridgehead atoms. The molecule has 0 N–H and O–H groups in total. The van der Waals surface area contributed by atoms with Crippen molar-refractivity contribution in [3.63, 3.8) is 0 Å². The first-order valence-electron chi connectivity index (χ1n) is 8.62. The predicted molar refractivity (Wildman–Crippen MR) is 87.8 cm³/mol. The molecule has 0 aliphatic carbocycles. The van der Waals surface area contributed by atoms with E-state index in [1.807, 2.05) is 0 Å². The molecule has 2 heterocycles. The van der Waals surface area contributed by atoms with Crippen molar-refractivity contribution in [2.24, 2.45) is 0 Å². The second-order valence-electron chi connectivity index (χ2n) is 6.99. The molecule has 2 fully saturated rings. The van der Waals surface area contributed by atoms with E-state index in [0.29, 0.717) is 18.3 Å². The van der Waals surface area contributed by atoms with Gasteiger partial charge in [-0.2, -0.15) is 0 Å². The largest absolute Gasteiger partial charge is 0.415 e. The molecule has 0 aromatic heterocycles. The van der Waals surface area contributed by atoms with Crippen molar-refractivity contribution < 1.29 is 23.4 Å². The summed E-state index contributed by atoms with van der Waals surface area (Å²) in [5, 5.41) is 0. The highest BCUT2D eigenvalue weighted by Gasteiger charge is 2.26. The lowest BCUT2D eigenvalue weighted by Gasteiger charge is -2.27. The predicted octanol–water partition coefficient (Wildman–Crippen LogP) is 2.60. The Bertz CT molecular complexity index is 305. The standard InChI is InChI=1S/C16H32O5Si/c1-14(6-4-7-17-10-15-12-19-15)21-22(2,3)9-5-8-18-11-16-13-20-16/h14-16H,4-13H2,1-3H3.